The van der Waals surface area contributed by atoms with E-state index >= 15 is 0 Å². The van der Waals surface area contributed by atoms with E-state index in [-0.39, 0.29) is 0 Å². The molecule has 1 aromatic carbocycles. The molecule has 0 bridgehead atoms. The van der Waals surface area contributed by atoms with Crippen LogP contribution < -0.4 is 9.92 Å². The highest BCUT2D eigenvalue weighted by Crippen LogP contribution is 2.42. The number of rotatable bonds is 2. The van der Waals surface area contributed by atoms with E-state index in [2.05, 4.69) is 54.6 Å². The minimum Gasteiger partial charge on any atom is -0.480 e. The lowest BCUT2D eigenvalue weighted by Gasteiger charge is -2.42. The highest BCUT2D eigenvalue weighted by Gasteiger charge is 2.42. The topological polar surface area (TPSA) is 26.3 Å². The summed E-state index contributed by atoms with van der Waals surface area (Å²) in [6.45, 7) is 20.6. The first kappa shape index (κ1) is 18.2. The molecular weight excluding hydrogens is 300 g/mol. The monoisotopic (exact) mass is 332 g/mol. The number of benzene rings is 1. The molecule has 0 fully saturated rings. The van der Waals surface area contributed by atoms with Gasteiger partial charge in [0.1, 0.15) is 5.75 Å². The summed E-state index contributed by atoms with van der Waals surface area (Å²) in [5, 5.41) is 1.88. The lowest BCUT2D eigenvalue weighted by Crippen LogP contribution is -2.53. The molecule has 2 rings (SSSR count). The minimum atomic E-state index is -1.63. The van der Waals surface area contributed by atoms with E-state index in [1.54, 1.807) is 5.19 Å². The van der Waals surface area contributed by atoms with Crippen molar-refractivity contribution in [3.8, 4) is 5.75 Å². The van der Waals surface area contributed by atoms with E-state index in [1.165, 1.54) is 22.3 Å². The summed E-state index contributed by atoms with van der Waals surface area (Å²) in [4.78, 5) is 11.4. The quantitative estimate of drug-likeness (QED) is 0.584. The van der Waals surface area contributed by atoms with Gasteiger partial charge in [0.05, 0.1) is 8.07 Å². The summed E-state index contributed by atoms with van der Waals surface area (Å²) in [5.41, 5.74) is 4.64. The molecule has 1 aliphatic rings. The molecule has 1 aromatic rings. The fraction of sp³-hybridized carbons (Fsp3) is 0.650. The molecule has 1 heterocycles. The number of carbonyl (C=O) groups is 1. The Kier molecular flexibility index (Phi) is 4.34. The number of hydrogen-bond acceptors (Lipinski definition) is 2. The Bertz CT molecular complexity index is 653. The molecule has 0 saturated heterocycles. The van der Waals surface area contributed by atoms with E-state index in [4.69, 9.17) is 4.74 Å². The second kappa shape index (κ2) is 5.47. The van der Waals surface area contributed by atoms with Crippen LogP contribution in [0.5, 0.6) is 5.75 Å². The summed E-state index contributed by atoms with van der Waals surface area (Å²) >= 11 is 0. The average molecular weight is 333 g/mol. The van der Waals surface area contributed by atoms with Gasteiger partial charge in [-0.05, 0) is 67.8 Å². The maximum absolute atomic E-state index is 11.4. The van der Waals surface area contributed by atoms with Crippen LogP contribution in [0.2, 0.25) is 18.1 Å². The lowest BCUT2D eigenvalue weighted by atomic mass is 9.88. The van der Waals surface area contributed by atoms with Crippen LogP contribution in [0.4, 0.5) is 0 Å². The van der Waals surface area contributed by atoms with Gasteiger partial charge in [-0.2, -0.15) is 0 Å². The number of ether oxygens (including phenoxy) is 1. The zero-order valence-corrected chi connectivity index (χ0v) is 17.3. The molecular formula is C20H32O2Si. The van der Waals surface area contributed by atoms with E-state index in [9.17, 15) is 4.79 Å². The molecule has 3 heteroatoms. The van der Waals surface area contributed by atoms with E-state index in [0.717, 1.165) is 24.9 Å². The van der Waals surface area contributed by atoms with Crippen molar-refractivity contribution in [3.63, 3.8) is 0 Å². The maximum atomic E-state index is 11.4. The average Bonchev–Trinajstić information content (AvgIpc) is 2.43. The van der Waals surface area contributed by atoms with Crippen LogP contribution >= 0.6 is 0 Å². The summed E-state index contributed by atoms with van der Waals surface area (Å²) in [5.74, 6) is 0.961. The third kappa shape index (κ3) is 2.77. The van der Waals surface area contributed by atoms with Gasteiger partial charge in [0.25, 0.3) is 0 Å². The summed E-state index contributed by atoms with van der Waals surface area (Å²) in [6, 6.07) is 0. The van der Waals surface area contributed by atoms with Crippen molar-refractivity contribution in [1.29, 1.82) is 0 Å². The van der Waals surface area contributed by atoms with Crippen molar-refractivity contribution in [3.05, 3.63) is 22.3 Å². The van der Waals surface area contributed by atoms with E-state index in [1.807, 2.05) is 6.92 Å². The van der Waals surface area contributed by atoms with Crippen LogP contribution in [0.25, 0.3) is 0 Å². The van der Waals surface area contributed by atoms with Gasteiger partial charge >= 0.3 is 0 Å². The fourth-order valence-corrected chi connectivity index (χ4v) is 6.64. The van der Waals surface area contributed by atoms with Gasteiger partial charge in [0.15, 0.2) is 11.9 Å². The van der Waals surface area contributed by atoms with Crippen molar-refractivity contribution < 1.29 is 9.53 Å². The fourth-order valence-electron chi connectivity index (χ4n) is 3.68. The standard InChI is InChI=1S/C20H32O2Si/c1-13-14(2)18(23(8,9)19(4,5)6)15(3)16-10-11-20(7,12-21)22-17(13)16/h12H,10-11H2,1-9H3. The predicted molar refractivity (Wildman–Crippen MR) is 101 cm³/mol. The molecule has 23 heavy (non-hydrogen) atoms. The minimum absolute atomic E-state index is 0.302. The summed E-state index contributed by atoms with van der Waals surface area (Å²) in [6.07, 6.45) is 2.66. The Hall–Kier alpha value is -1.09. The van der Waals surface area contributed by atoms with Crippen LogP contribution in [-0.4, -0.2) is 20.0 Å². The normalized spacial score (nSPS) is 21.6. The van der Waals surface area contributed by atoms with E-state index < -0.39 is 13.7 Å². The van der Waals surface area contributed by atoms with Gasteiger partial charge < -0.3 is 4.74 Å². The molecule has 0 saturated carbocycles. The summed E-state index contributed by atoms with van der Waals surface area (Å²) < 4.78 is 6.16. The van der Waals surface area contributed by atoms with Crippen molar-refractivity contribution in [1.82, 2.24) is 0 Å². The molecule has 0 aliphatic carbocycles. The molecule has 1 atom stereocenters. The van der Waals surface area contributed by atoms with Crippen molar-refractivity contribution in [2.24, 2.45) is 0 Å². The SMILES string of the molecule is Cc1c(C)c([Si](C)(C)C(C)(C)C)c(C)c2c1OC(C)(C=O)CC2. The first-order valence-electron chi connectivity index (χ1n) is 8.64. The van der Waals surface area contributed by atoms with Crippen LogP contribution in [0, 0.1) is 20.8 Å². The molecule has 0 amide bonds. The zero-order valence-electron chi connectivity index (χ0n) is 16.3. The van der Waals surface area contributed by atoms with Crippen LogP contribution in [0.1, 0.15) is 56.4 Å². The molecule has 0 aromatic heterocycles. The highest BCUT2D eigenvalue weighted by atomic mass is 28.3. The zero-order chi connectivity index (χ0) is 17.8. The Morgan fingerprint density at radius 3 is 2.13 bits per heavy atom. The third-order valence-electron chi connectivity index (χ3n) is 6.34. The highest BCUT2D eigenvalue weighted by molar-refractivity contribution is 6.92. The molecule has 1 unspecified atom stereocenters. The number of hydrogen-bond donors (Lipinski definition) is 0. The Balaban J connectivity index is 2.73. The van der Waals surface area contributed by atoms with Crippen molar-refractivity contribution in [2.45, 2.75) is 85.0 Å². The second-order valence-electron chi connectivity index (χ2n) is 8.97. The Morgan fingerprint density at radius 2 is 1.65 bits per heavy atom. The van der Waals surface area contributed by atoms with Gasteiger partial charge in [-0.1, -0.05) is 39.1 Å². The van der Waals surface area contributed by atoms with Crippen LogP contribution in [0.15, 0.2) is 0 Å². The number of fused-ring (bicyclic) bond motifs is 1. The summed E-state index contributed by atoms with van der Waals surface area (Å²) in [7, 11) is -1.63. The molecule has 0 radical (unpaired) electrons. The van der Waals surface area contributed by atoms with Gasteiger partial charge in [0, 0.05) is 0 Å². The number of carbonyl (C=O) groups excluding carboxylic acids is 1. The molecule has 0 N–H and O–H groups in total. The predicted octanol–water partition coefficient (Wildman–Crippen LogP) is 4.61. The molecule has 0 spiro atoms. The van der Waals surface area contributed by atoms with Gasteiger partial charge in [-0.3, -0.25) is 4.79 Å². The maximum Gasteiger partial charge on any atom is 0.163 e. The Labute approximate surface area is 142 Å². The first-order chi connectivity index (χ1) is 10.4. The van der Waals surface area contributed by atoms with Crippen LogP contribution in [-0.2, 0) is 11.2 Å². The van der Waals surface area contributed by atoms with E-state index in [0.29, 0.717) is 5.04 Å². The molecule has 128 valence electrons. The number of aldehydes is 1. The molecule has 2 nitrogen and oxygen atoms in total. The van der Waals surface area contributed by atoms with Gasteiger partial charge in [0.2, 0.25) is 0 Å². The molecule has 1 aliphatic heterocycles. The Morgan fingerprint density at radius 1 is 1.09 bits per heavy atom. The second-order valence-corrected chi connectivity index (χ2v) is 14.2. The largest absolute Gasteiger partial charge is 0.480 e. The first-order valence-corrected chi connectivity index (χ1v) is 11.6. The third-order valence-corrected chi connectivity index (χ3v) is 12.1. The van der Waals surface area contributed by atoms with Gasteiger partial charge in [-0.15, -0.1) is 0 Å². The smallest absolute Gasteiger partial charge is 0.163 e. The van der Waals surface area contributed by atoms with Crippen LogP contribution in [0.3, 0.4) is 0 Å². The van der Waals surface area contributed by atoms with Crippen molar-refractivity contribution in [2.75, 3.05) is 0 Å². The lowest BCUT2D eigenvalue weighted by molar-refractivity contribution is -0.121. The van der Waals surface area contributed by atoms with Gasteiger partial charge in [-0.25, -0.2) is 0 Å². The van der Waals surface area contributed by atoms with Crippen molar-refractivity contribution >= 4 is 19.5 Å².